The van der Waals surface area contributed by atoms with Gasteiger partial charge in [0.1, 0.15) is 5.84 Å². The molecule has 5 nitrogen and oxygen atoms in total. The molecule has 0 saturated carbocycles. The maximum absolute atomic E-state index is 7.44. The van der Waals surface area contributed by atoms with Crippen molar-refractivity contribution in [2.75, 3.05) is 11.9 Å². The van der Waals surface area contributed by atoms with Crippen molar-refractivity contribution in [3.8, 4) is 0 Å². The van der Waals surface area contributed by atoms with Gasteiger partial charge >= 0.3 is 0 Å². The highest BCUT2D eigenvalue weighted by atomic mass is 15.2. The Kier molecular flexibility index (Phi) is 3.23. The Morgan fingerprint density at radius 2 is 2.11 bits per heavy atom. The summed E-state index contributed by atoms with van der Waals surface area (Å²) in [6.45, 7) is 1.92. The number of aromatic nitrogens is 2. The van der Waals surface area contributed by atoms with E-state index in [2.05, 4.69) is 9.97 Å². The highest BCUT2D eigenvalue weighted by molar-refractivity contribution is 5.95. The Morgan fingerprint density at radius 3 is 2.78 bits per heavy atom. The SMILES string of the molecule is Cc1ccnc(N(C)c2cccc(C(=N)N)c2)n1. The van der Waals surface area contributed by atoms with E-state index in [1.54, 1.807) is 12.3 Å². The lowest BCUT2D eigenvalue weighted by Gasteiger charge is -2.17. The fraction of sp³-hybridized carbons (Fsp3) is 0.154. The first kappa shape index (κ1) is 12.0. The van der Waals surface area contributed by atoms with Crippen LogP contribution in [-0.2, 0) is 0 Å². The van der Waals surface area contributed by atoms with E-state index < -0.39 is 0 Å². The van der Waals surface area contributed by atoms with Gasteiger partial charge in [-0.15, -0.1) is 0 Å². The lowest BCUT2D eigenvalue weighted by molar-refractivity contribution is 1.01. The van der Waals surface area contributed by atoms with Crippen molar-refractivity contribution >= 4 is 17.5 Å². The Balaban J connectivity index is 2.36. The van der Waals surface area contributed by atoms with E-state index in [-0.39, 0.29) is 5.84 Å². The summed E-state index contributed by atoms with van der Waals surface area (Å²) in [4.78, 5) is 10.4. The van der Waals surface area contributed by atoms with Crippen LogP contribution in [0.4, 0.5) is 11.6 Å². The molecule has 0 spiro atoms. The highest BCUT2D eigenvalue weighted by Gasteiger charge is 2.08. The fourth-order valence-corrected chi connectivity index (χ4v) is 1.59. The predicted molar refractivity (Wildman–Crippen MR) is 72.3 cm³/mol. The number of nitrogen functional groups attached to an aromatic ring is 1. The third-order valence-corrected chi connectivity index (χ3v) is 2.63. The minimum atomic E-state index is 0.0513. The molecular weight excluding hydrogens is 226 g/mol. The zero-order chi connectivity index (χ0) is 13.1. The quantitative estimate of drug-likeness (QED) is 0.634. The first-order valence-corrected chi connectivity index (χ1v) is 5.56. The molecule has 1 aromatic heterocycles. The van der Waals surface area contributed by atoms with Crippen LogP contribution in [0.25, 0.3) is 0 Å². The van der Waals surface area contributed by atoms with Crippen LogP contribution in [0.3, 0.4) is 0 Å². The second kappa shape index (κ2) is 4.83. The molecule has 0 aliphatic carbocycles. The number of hydrogen-bond acceptors (Lipinski definition) is 4. The first-order valence-electron chi connectivity index (χ1n) is 5.56. The van der Waals surface area contributed by atoms with Crippen LogP contribution < -0.4 is 10.6 Å². The van der Waals surface area contributed by atoms with E-state index in [1.165, 1.54) is 0 Å². The van der Waals surface area contributed by atoms with Crippen molar-refractivity contribution in [2.45, 2.75) is 6.92 Å². The summed E-state index contributed by atoms with van der Waals surface area (Å²) in [5.41, 5.74) is 7.97. The van der Waals surface area contributed by atoms with Crippen LogP contribution in [0.2, 0.25) is 0 Å². The van der Waals surface area contributed by atoms with Gasteiger partial charge in [0.25, 0.3) is 0 Å². The van der Waals surface area contributed by atoms with Gasteiger partial charge < -0.3 is 10.6 Å². The summed E-state index contributed by atoms with van der Waals surface area (Å²) in [5, 5.41) is 7.44. The Hall–Kier alpha value is -2.43. The number of nitrogens with one attached hydrogen (secondary N) is 1. The van der Waals surface area contributed by atoms with Gasteiger partial charge in [0.05, 0.1) is 0 Å². The summed E-state index contributed by atoms with van der Waals surface area (Å²) in [7, 11) is 1.88. The molecule has 0 atom stereocenters. The summed E-state index contributed by atoms with van der Waals surface area (Å²) < 4.78 is 0. The van der Waals surface area contributed by atoms with Crippen LogP contribution in [0.5, 0.6) is 0 Å². The first-order chi connectivity index (χ1) is 8.58. The molecule has 5 heteroatoms. The number of anilines is 2. The molecule has 1 aromatic carbocycles. The molecule has 0 unspecified atom stereocenters. The van der Waals surface area contributed by atoms with Crippen LogP contribution in [0.15, 0.2) is 36.5 Å². The van der Waals surface area contributed by atoms with Gasteiger partial charge in [0.2, 0.25) is 5.95 Å². The summed E-state index contributed by atoms with van der Waals surface area (Å²) >= 11 is 0. The molecule has 0 aliphatic heterocycles. The Bertz CT molecular complexity index is 579. The topological polar surface area (TPSA) is 78.9 Å². The molecule has 18 heavy (non-hydrogen) atoms. The second-order valence-corrected chi connectivity index (χ2v) is 4.02. The molecule has 3 N–H and O–H groups in total. The van der Waals surface area contributed by atoms with Crippen molar-refractivity contribution < 1.29 is 0 Å². The van der Waals surface area contributed by atoms with Crippen LogP contribution >= 0.6 is 0 Å². The van der Waals surface area contributed by atoms with E-state index in [0.717, 1.165) is 11.4 Å². The number of hydrogen-bond donors (Lipinski definition) is 2. The third-order valence-electron chi connectivity index (χ3n) is 2.63. The van der Waals surface area contributed by atoms with Crippen molar-refractivity contribution in [2.24, 2.45) is 5.73 Å². The molecule has 2 rings (SSSR count). The van der Waals surface area contributed by atoms with E-state index in [4.69, 9.17) is 11.1 Å². The Morgan fingerprint density at radius 1 is 1.33 bits per heavy atom. The van der Waals surface area contributed by atoms with E-state index in [9.17, 15) is 0 Å². The smallest absolute Gasteiger partial charge is 0.229 e. The van der Waals surface area contributed by atoms with Gasteiger partial charge in [0.15, 0.2) is 0 Å². The van der Waals surface area contributed by atoms with E-state index in [0.29, 0.717) is 11.5 Å². The standard InChI is InChI=1S/C13H15N5/c1-9-6-7-16-13(17-9)18(2)11-5-3-4-10(8-11)12(14)15/h3-8H,1-2H3,(H3,14,15). The fourth-order valence-electron chi connectivity index (χ4n) is 1.59. The van der Waals surface area contributed by atoms with Crippen LogP contribution in [0.1, 0.15) is 11.3 Å². The predicted octanol–water partition coefficient (Wildman–Crippen LogP) is 1.84. The number of aryl methyl sites for hydroxylation is 1. The van der Waals surface area contributed by atoms with Crippen molar-refractivity contribution in [1.29, 1.82) is 5.41 Å². The molecule has 0 saturated heterocycles. The van der Waals surface area contributed by atoms with E-state index >= 15 is 0 Å². The molecule has 0 fully saturated rings. The average Bonchev–Trinajstić information content (AvgIpc) is 2.38. The molecular formula is C13H15N5. The molecule has 1 heterocycles. The van der Waals surface area contributed by atoms with E-state index in [1.807, 2.05) is 43.1 Å². The minimum Gasteiger partial charge on any atom is -0.384 e. The van der Waals surface area contributed by atoms with Gasteiger partial charge in [0, 0.05) is 30.2 Å². The van der Waals surface area contributed by atoms with Gasteiger partial charge in [-0.25, -0.2) is 9.97 Å². The third kappa shape index (κ3) is 2.45. The summed E-state index contributed by atoms with van der Waals surface area (Å²) in [6.07, 6.45) is 1.73. The van der Waals surface area contributed by atoms with Crippen molar-refractivity contribution in [3.63, 3.8) is 0 Å². The van der Waals surface area contributed by atoms with Crippen molar-refractivity contribution in [3.05, 3.63) is 47.8 Å². The van der Waals surface area contributed by atoms with Crippen molar-refractivity contribution in [1.82, 2.24) is 9.97 Å². The molecule has 0 aliphatic rings. The largest absolute Gasteiger partial charge is 0.384 e. The normalized spacial score (nSPS) is 10.1. The van der Waals surface area contributed by atoms with Gasteiger partial charge in [-0.3, -0.25) is 5.41 Å². The second-order valence-electron chi connectivity index (χ2n) is 4.02. The minimum absolute atomic E-state index is 0.0513. The lowest BCUT2D eigenvalue weighted by atomic mass is 10.2. The molecule has 0 radical (unpaired) electrons. The number of rotatable bonds is 3. The number of benzene rings is 1. The zero-order valence-electron chi connectivity index (χ0n) is 10.4. The monoisotopic (exact) mass is 241 g/mol. The van der Waals surface area contributed by atoms with Gasteiger partial charge in [-0.1, -0.05) is 12.1 Å². The lowest BCUT2D eigenvalue weighted by Crippen LogP contribution is -2.15. The molecule has 0 bridgehead atoms. The van der Waals surface area contributed by atoms with Gasteiger partial charge in [-0.05, 0) is 25.1 Å². The maximum atomic E-state index is 7.44. The zero-order valence-corrected chi connectivity index (χ0v) is 10.4. The number of nitrogens with zero attached hydrogens (tertiary/aromatic N) is 3. The summed E-state index contributed by atoms with van der Waals surface area (Å²) in [6, 6.07) is 9.28. The van der Waals surface area contributed by atoms with Gasteiger partial charge in [-0.2, -0.15) is 0 Å². The summed E-state index contributed by atoms with van der Waals surface area (Å²) in [5.74, 6) is 0.672. The number of amidine groups is 1. The highest BCUT2D eigenvalue weighted by Crippen LogP contribution is 2.20. The van der Waals surface area contributed by atoms with Crippen LogP contribution in [-0.4, -0.2) is 22.9 Å². The number of nitrogens with two attached hydrogens (primary N) is 1. The Labute approximate surface area is 106 Å². The van der Waals surface area contributed by atoms with Crippen LogP contribution in [0, 0.1) is 12.3 Å². The average molecular weight is 241 g/mol. The molecule has 0 amide bonds. The molecule has 92 valence electrons. The molecule has 2 aromatic rings. The maximum Gasteiger partial charge on any atom is 0.229 e.